The number of aromatic nitrogens is 4. The third-order valence-corrected chi connectivity index (χ3v) is 6.04. The highest BCUT2D eigenvalue weighted by atomic mass is 16.2. The Labute approximate surface area is 158 Å². The Balaban J connectivity index is 1.53. The number of aromatic amines is 1. The maximum atomic E-state index is 12.7. The number of carbonyl (C=O) groups excluding carboxylic acids is 2. The lowest BCUT2D eigenvalue weighted by Crippen LogP contribution is -2.59. The molecule has 8 nitrogen and oxygen atoms in total. The van der Waals surface area contributed by atoms with E-state index in [1.807, 2.05) is 34.4 Å². The molecule has 0 unspecified atom stereocenters. The number of amides is 2. The zero-order valence-corrected chi connectivity index (χ0v) is 15.9. The number of nitrogens with zero attached hydrogens (tertiary/aromatic N) is 5. The Hall–Kier alpha value is -2.64. The molecular formula is C19H26N6O2. The normalized spacial score (nSPS) is 18.6. The van der Waals surface area contributed by atoms with Crippen molar-refractivity contribution in [2.24, 2.45) is 0 Å². The van der Waals surface area contributed by atoms with E-state index in [1.54, 1.807) is 12.5 Å². The van der Waals surface area contributed by atoms with E-state index in [-0.39, 0.29) is 17.4 Å². The van der Waals surface area contributed by atoms with Crippen LogP contribution in [0.4, 0.5) is 0 Å². The van der Waals surface area contributed by atoms with Crippen molar-refractivity contribution in [1.82, 2.24) is 29.3 Å². The van der Waals surface area contributed by atoms with E-state index in [0.717, 1.165) is 36.5 Å². The number of hydrogen-bond donors (Lipinski definition) is 1. The molecule has 0 aromatic carbocycles. The van der Waals surface area contributed by atoms with Gasteiger partial charge in [-0.05, 0) is 19.8 Å². The van der Waals surface area contributed by atoms with Crippen molar-refractivity contribution in [3.05, 3.63) is 35.9 Å². The fraction of sp³-hybridized carbons (Fsp3) is 0.579. The number of aryl methyl sites for hydroxylation is 1. The molecule has 0 bridgehead atoms. The second kappa shape index (κ2) is 6.83. The van der Waals surface area contributed by atoms with Crippen molar-refractivity contribution in [3.63, 3.8) is 0 Å². The van der Waals surface area contributed by atoms with Crippen molar-refractivity contribution in [2.75, 3.05) is 19.6 Å². The molecule has 2 amide bonds. The number of likely N-dealkylation sites (tertiary alicyclic amines) is 1. The third kappa shape index (κ3) is 2.93. The highest BCUT2D eigenvalue weighted by Crippen LogP contribution is 2.42. The lowest BCUT2D eigenvalue weighted by Gasteiger charge is -2.50. The fourth-order valence-electron chi connectivity index (χ4n) is 4.48. The van der Waals surface area contributed by atoms with Crippen LogP contribution in [0, 0.1) is 6.92 Å². The maximum absolute atomic E-state index is 12.7. The Morgan fingerprint density at radius 3 is 2.63 bits per heavy atom. The minimum atomic E-state index is -0.387. The van der Waals surface area contributed by atoms with Gasteiger partial charge in [0.05, 0.1) is 17.6 Å². The molecule has 1 saturated heterocycles. The van der Waals surface area contributed by atoms with Crippen LogP contribution in [-0.2, 0) is 28.1 Å². The Morgan fingerprint density at radius 1 is 1.19 bits per heavy atom. The summed E-state index contributed by atoms with van der Waals surface area (Å²) in [6, 6.07) is 0. The average Bonchev–Trinajstić information content (AvgIpc) is 3.32. The fourth-order valence-corrected chi connectivity index (χ4v) is 4.48. The van der Waals surface area contributed by atoms with Crippen LogP contribution in [0.3, 0.4) is 0 Å². The van der Waals surface area contributed by atoms with Crippen LogP contribution in [0.5, 0.6) is 0 Å². The number of piperidine rings is 1. The van der Waals surface area contributed by atoms with Crippen LogP contribution in [-0.4, -0.2) is 60.8 Å². The number of rotatable bonds is 3. The molecule has 8 heteroatoms. The number of H-pyrrole nitrogens is 1. The molecule has 0 aliphatic carbocycles. The largest absolute Gasteiger partial charge is 0.348 e. The van der Waals surface area contributed by atoms with Crippen LogP contribution in [0.25, 0.3) is 0 Å². The predicted octanol–water partition coefficient (Wildman–Crippen LogP) is 1.23. The number of nitrogens with one attached hydrogen (secondary N) is 1. The van der Waals surface area contributed by atoms with Gasteiger partial charge >= 0.3 is 0 Å². The maximum Gasteiger partial charge on any atom is 0.242 e. The van der Waals surface area contributed by atoms with E-state index >= 15 is 0 Å². The summed E-state index contributed by atoms with van der Waals surface area (Å²) in [6.45, 7) is 6.09. The molecule has 2 aromatic rings. The molecule has 4 rings (SSSR count). The minimum absolute atomic E-state index is 0.0948. The van der Waals surface area contributed by atoms with Crippen LogP contribution < -0.4 is 0 Å². The first kappa shape index (κ1) is 17.8. The number of hydrogen-bond acceptors (Lipinski definition) is 4. The van der Waals surface area contributed by atoms with Gasteiger partial charge in [0.25, 0.3) is 0 Å². The first-order valence-corrected chi connectivity index (χ1v) is 9.64. The minimum Gasteiger partial charge on any atom is -0.348 e. The molecule has 0 radical (unpaired) electrons. The molecule has 144 valence electrons. The monoisotopic (exact) mass is 370 g/mol. The molecule has 1 fully saturated rings. The molecule has 0 atom stereocenters. The summed E-state index contributed by atoms with van der Waals surface area (Å²) < 4.78 is 1.87. The quantitative estimate of drug-likeness (QED) is 0.880. The second-order valence-electron chi connectivity index (χ2n) is 7.39. The molecule has 2 aromatic heterocycles. The van der Waals surface area contributed by atoms with E-state index < -0.39 is 0 Å². The standard InChI is InChI=1S/C19H26N6O2/c1-3-16(26)25-8-4-15-18(22-13-21-15)19(25)5-9-23(10-6-19)17(27)12-24-11-7-20-14(24)2/h7,11,13H,3-6,8-10,12H2,1-2H3,(H,21,22). The van der Waals surface area contributed by atoms with E-state index in [4.69, 9.17) is 0 Å². The van der Waals surface area contributed by atoms with Gasteiger partial charge in [0.2, 0.25) is 11.8 Å². The van der Waals surface area contributed by atoms with Gasteiger partial charge in [-0.1, -0.05) is 6.92 Å². The number of imidazole rings is 2. The zero-order valence-electron chi connectivity index (χ0n) is 15.9. The van der Waals surface area contributed by atoms with Gasteiger partial charge in [-0.25, -0.2) is 9.97 Å². The van der Waals surface area contributed by atoms with Gasteiger partial charge in [0, 0.05) is 50.6 Å². The van der Waals surface area contributed by atoms with Crippen molar-refractivity contribution in [1.29, 1.82) is 0 Å². The highest BCUT2D eigenvalue weighted by Gasteiger charge is 2.48. The van der Waals surface area contributed by atoms with Crippen molar-refractivity contribution < 1.29 is 9.59 Å². The van der Waals surface area contributed by atoms with Crippen LogP contribution >= 0.6 is 0 Å². The molecule has 2 aliphatic rings. The lowest BCUT2D eigenvalue weighted by molar-refractivity contribution is -0.144. The summed E-state index contributed by atoms with van der Waals surface area (Å²) in [7, 11) is 0. The summed E-state index contributed by atoms with van der Waals surface area (Å²) >= 11 is 0. The first-order valence-electron chi connectivity index (χ1n) is 9.64. The van der Waals surface area contributed by atoms with E-state index in [2.05, 4.69) is 15.0 Å². The average molecular weight is 370 g/mol. The first-order chi connectivity index (χ1) is 13.0. The third-order valence-electron chi connectivity index (χ3n) is 6.04. The molecule has 1 spiro atoms. The van der Waals surface area contributed by atoms with Crippen molar-refractivity contribution in [3.8, 4) is 0 Å². The smallest absolute Gasteiger partial charge is 0.242 e. The van der Waals surface area contributed by atoms with Crippen LogP contribution in [0.2, 0.25) is 0 Å². The topological polar surface area (TPSA) is 87.1 Å². The van der Waals surface area contributed by atoms with Gasteiger partial charge in [0.1, 0.15) is 12.4 Å². The summed E-state index contributed by atoms with van der Waals surface area (Å²) in [5.41, 5.74) is 1.74. The molecule has 1 N–H and O–H groups in total. The molecular weight excluding hydrogens is 344 g/mol. The summed E-state index contributed by atoms with van der Waals surface area (Å²) in [5.74, 6) is 1.10. The summed E-state index contributed by atoms with van der Waals surface area (Å²) in [4.78, 5) is 41.3. The van der Waals surface area contributed by atoms with Crippen LogP contribution in [0.1, 0.15) is 43.4 Å². The number of carbonyl (C=O) groups is 2. The summed E-state index contributed by atoms with van der Waals surface area (Å²) in [5, 5.41) is 0. The Bertz CT molecular complexity index is 846. The van der Waals surface area contributed by atoms with Gasteiger partial charge in [-0.3, -0.25) is 9.59 Å². The molecule has 2 aliphatic heterocycles. The Kier molecular flexibility index (Phi) is 4.49. The zero-order chi connectivity index (χ0) is 19.0. The van der Waals surface area contributed by atoms with Gasteiger partial charge in [0.15, 0.2) is 0 Å². The second-order valence-corrected chi connectivity index (χ2v) is 7.39. The van der Waals surface area contributed by atoms with E-state index in [0.29, 0.717) is 32.6 Å². The van der Waals surface area contributed by atoms with E-state index in [1.165, 1.54) is 0 Å². The SMILES string of the molecule is CCC(=O)N1CCc2[nH]cnc2C12CCN(C(=O)Cn1ccnc1C)CC2. The highest BCUT2D eigenvalue weighted by molar-refractivity contribution is 5.78. The molecule has 27 heavy (non-hydrogen) atoms. The predicted molar refractivity (Wildman–Crippen MR) is 98.8 cm³/mol. The Morgan fingerprint density at radius 2 is 1.96 bits per heavy atom. The van der Waals surface area contributed by atoms with E-state index in [9.17, 15) is 9.59 Å². The number of fused-ring (bicyclic) bond motifs is 2. The molecule has 4 heterocycles. The molecule has 0 saturated carbocycles. The van der Waals surface area contributed by atoms with Gasteiger partial charge in [-0.15, -0.1) is 0 Å². The van der Waals surface area contributed by atoms with Crippen molar-refractivity contribution in [2.45, 2.75) is 51.6 Å². The van der Waals surface area contributed by atoms with Gasteiger partial charge < -0.3 is 19.4 Å². The summed E-state index contributed by atoms with van der Waals surface area (Å²) in [6.07, 6.45) is 8.03. The van der Waals surface area contributed by atoms with Crippen molar-refractivity contribution >= 4 is 11.8 Å². The van der Waals surface area contributed by atoms with Gasteiger partial charge in [-0.2, -0.15) is 0 Å². The lowest BCUT2D eigenvalue weighted by atomic mass is 9.78. The van der Waals surface area contributed by atoms with Crippen LogP contribution in [0.15, 0.2) is 18.7 Å².